The number of phenols is 1. The molecular formula is C14H21NO2. The smallest absolute Gasteiger partial charge is 0.253 e. The van der Waals surface area contributed by atoms with Gasteiger partial charge in [0.15, 0.2) is 0 Å². The Labute approximate surface area is 103 Å². The van der Waals surface area contributed by atoms with Crippen LogP contribution in [0, 0.1) is 6.92 Å². The Morgan fingerprint density at radius 2 is 2.06 bits per heavy atom. The number of carbonyl (C=O) groups excluding carboxylic acids is 1. The van der Waals surface area contributed by atoms with Gasteiger partial charge in [-0.3, -0.25) is 4.79 Å². The molecule has 0 heterocycles. The number of carbonyl (C=O) groups is 1. The Morgan fingerprint density at radius 3 is 2.71 bits per heavy atom. The molecule has 3 nitrogen and oxygen atoms in total. The molecule has 0 fully saturated rings. The zero-order valence-electron chi connectivity index (χ0n) is 10.9. The second kappa shape index (κ2) is 6.28. The van der Waals surface area contributed by atoms with Crippen LogP contribution < -0.4 is 0 Å². The van der Waals surface area contributed by atoms with Gasteiger partial charge in [-0.1, -0.05) is 25.8 Å². The molecule has 3 heteroatoms. The lowest BCUT2D eigenvalue weighted by Crippen LogP contribution is -2.28. The van der Waals surface area contributed by atoms with Gasteiger partial charge in [0, 0.05) is 24.7 Å². The van der Waals surface area contributed by atoms with Crippen LogP contribution in [0.3, 0.4) is 0 Å². The van der Waals surface area contributed by atoms with Gasteiger partial charge in [0.1, 0.15) is 5.75 Å². The van der Waals surface area contributed by atoms with Crippen LogP contribution in [0.15, 0.2) is 18.2 Å². The van der Waals surface area contributed by atoms with Crippen LogP contribution in [-0.2, 0) is 0 Å². The molecule has 0 saturated heterocycles. The van der Waals surface area contributed by atoms with Crippen molar-refractivity contribution < 1.29 is 9.90 Å². The predicted octanol–water partition coefficient (Wildman–Crippen LogP) is 2.96. The third-order valence-electron chi connectivity index (χ3n) is 2.98. The van der Waals surface area contributed by atoms with E-state index in [0.29, 0.717) is 11.1 Å². The Kier molecular flexibility index (Phi) is 5.01. The number of benzene rings is 1. The largest absolute Gasteiger partial charge is 0.508 e. The first kappa shape index (κ1) is 13.6. The van der Waals surface area contributed by atoms with E-state index in [2.05, 4.69) is 6.92 Å². The zero-order chi connectivity index (χ0) is 12.8. The molecule has 0 atom stereocenters. The van der Waals surface area contributed by atoms with Gasteiger partial charge in [0.05, 0.1) is 0 Å². The molecule has 94 valence electrons. The van der Waals surface area contributed by atoms with E-state index in [-0.39, 0.29) is 11.7 Å². The quantitative estimate of drug-likeness (QED) is 0.797. The Bertz CT molecular complexity index is 388. The summed E-state index contributed by atoms with van der Waals surface area (Å²) in [7, 11) is 1.81. The second-order valence-electron chi connectivity index (χ2n) is 4.38. The highest BCUT2D eigenvalue weighted by Crippen LogP contribution is 2.20. The summed E-state index contributed by atoms with van der Waals surface area (Å²) in [6.07, 6.45) is 3.31. The average Bonchev–Trinajstić information content (AvgIpc) is 2.32. The molecule has 0 bridgehead atoms. The van der Waals surface area contributed by atoms with Crippen molar-refractivity contribution in [3.8, 4) is 5.75 Å². The van der Waals surface area contributed by atoms with Gasteiger partial charge in [-0.15, -0.1) is 0 Å². The molecular weight excluding hydrogens is 214 g/mol. The summed E-state index contributed by atoms with van der Waals surface area (Å²) in [6, 6.07) is 5.06. The van der Waals surface area contributed by atoms with Crippen LogP contribution in [0.4, 0.5) is 0 Å². The van der Waals surface area contributed by atoms with E-state index in [1.54, 1.807) is 30.0 Å². The SMILES string of the molecule is CCCCCN(C)C(=O)c1cccc(O)c1C. The summed E-state index contributed by atoms with van der Waals surface area (Å²) >= 11 is 0. The van der Waals surface area contributed by atoms with Crippen LogP contribution in [-0.4, -0.2) is 29.5 Å². The van der Waals surface area contributed by atoms with Crippen molar-refractivity contribution in [2.24, 2.45) is 0 Å². The van der Waals surface area contributed by atoms with Gasteiger partial charge in [-0.2, -0.15) is 0 Å². The molecule has 0 spiro atoms. The molecule has 0 unspecified atom stereocenters. The highest BCUT2D eigenvalue weighted by atomic mass is 16.3. The maximum atomic E-state index is 12.1. The highest BCUT2D eigenvalue weighted by molar-refractivity contribution is 5.96. The fourth-order valence-corrected chi connectivity index (χ4v) is 1.76. The molecule has 0 aliphatic heterocycles. The molecule has 1 aromatic rings. The van der Waals surface area contributed by atoms with Crippen LogP contribution in [0.1, 0.15) is 42.1 Å². The molecule has 0 radical (unpaired) electrons. The standard InChI is InChI=1S/C14H21NO2/c1-4-5-6-10-15(3)14(17)12-8-7-9-13(16)11(12)2/h7-9,16H,4-6,10H2,1-3H3. The van der Waals surface area contributed by atoms with Gasteiger partial charge in [-0.25, -0.2) is 0 Å². The summed E-state index contributed by atoms with van der Waals surface area (Å²) in [4.78, 5) is 13.8. The number of phenolic OH excluding ortho intramolecular Hbond substituents is 1. The number of nitrogens with zero attached hydrogens (tertiary/aromatic N) is 1. The fraction of sp³-hybridized carbons (Fsp3) is 0.500. The van der Waals surface area contributed by atoms with Crippen molar-refractivity contribution in [2.75, 3.05) is 13.6 Å². The lowest BCUT2D eigenvalue weighted by molar-refractivity contribution is 0.0791. The van der Waals surface area contributed by atoms with Crippen molar-refractivity contribution in [1.29, 1.82) is 0 Å². The van der Waals surface area contributed by atoms with Crippen molar-refractivity contribution >= 4 is 5.91 Å². The third-order valence-corrected chi connectivity index (χ3v) is 2.98. The van der Waals surface area contributed by atoms with E-state index in [9.17, 15) is 9.90 Å². The summed E-state index contributed by atoms with van der Waals surface area (Å²) in [5.74, 6) is 0.160. The minimum atomic E-state index is -0.0190. The molecule has 17 heavy (non-hydrogen) atoms. The minimum Gasteiger partial charge on any atom is -0.508 e. The van der Waals surface area contributed by atoms with Crippen LogP contribution in [0.2, 0.25) is 0 Å². The van der Waals surface area contributed by atoms with E-state index in [4.69, 9.17) is 0 Å². The number of hydrogen-bond acceptors (Lipinski definition) is 2. The molecule has 1 rings (SSSR count). The molecule has 0 aliphatic carbocycles. The molecule has 0 saturated carbocycles. The first-order chi connectivity index (χ1) is 8.07. The highest BCUT2D eigenvalue weighted by Gasteiger charge is 2.14. The maximum absolute atomic E-state index is 12.1. The second-order valence-corrected chi connectivity index (χ2v) is 4.38. The van der Waals surface area contributed by atoms with Crippen molar-refractivity contribution in [1.82, 2.24) is 4.90 Å². The third kappa shape index (κ3) is 3.48. The molecule has 0 aromatic heterocycles. The summed E-state index contributed by atoms with van der Waals surface area (Å²) in [6.45, 7) is 4.67. The van der Waals surface area contributed by atoms with E-state index in [0.717, 1.165) is 25.8 Å². The fourth-order valence-electron chi connectivity index (χ4n) is 1.76. The molecule has 1 aromatic carbocycles. The normalized spacial score (nSPS) is 10.3. The predicted molar refractivity (Wildman–Crippen MR) is 69.3 cm³/mol. The van der Waals surface area contributed by atoms with E-state index in [1.165, 1.54) is 0 Å². The van der Waals surface area contributed by atoms with Gasteiger partial charge < -0.3 is 10.0 Å². The van der Waals surface area contributed by atoms with Crippen LogP contribution in [0.25, 0.3) is 0 Å². The Hall–Kier alpha value is -1.51. The first-order valence-electron chi connectivity index (χ1n) is 6.12. The van der Waals surface area contributed by atoms with Crippen LogP contribution in [0.5, 0.6) is 5.75 Å². The zero-order valence-corrected chi connectivity index (χ0v) is 10.9. The number of aromatic hydroxyl groups is 1. The van der Waals surface area contributed by atoms with E-state index >= 15 is 0 Å². The van der Waals surface area contributed by atoms with Crippen LogP contribution >= 0.6 is 0 Å². The average molecular weight is 235 g/mol. The summed E-state index contributed by atoms with van der Waals surface area (Å²) in [5, 5.41) is 9.57. The first-order valence-corrected chi connectivity index (χ1v) is 6.12. The molecule has 1 amide bonds. The van der Waals surface area contributed by atoms with Gasteiger partial charge in [0.2, 0.25) is 0 Å². The minimum absolute atomic E-state index is 0.0190. The summed E-state index contributed by atoms with van der Waals surface area (Å²) < 4.78 is 0. The Balaban J connectivity index is 2.71. The van der Waals surface area contributed by atoms with Crippen molar-refractivity contribution in [3.05, 3.63) is 29.3 Å². The lowest BCUT2D eigenvalue weighted by atomic mass is 10.1. The monoisotopic (exact) mass is 235 g/mol. The van der Waals surface area contributed by atoms with E-state index < -0.39 is 0 Å². The van der Waals surface area contributed by atoms with Gasteiger partial charge >= 0.3 is 0 Å². The number of amides is 1. The van der Waals surface area contributed by atoms with Gasteiger partial charge in [-0.05, 0) is 25.5 Å². The van der Waals surface area contributed by atoms with E-state index in [1.807, 2.05) is 7.05 Å². The topological polar surface area (TPSA) is 40.5 Å². The molecule has 0 aliphatic rings. The molecule has 1 N–H and O–H groups in total. The number of rotatable bonds is 5. The summed E-state index contributed by atoms with van der Waals surface area (Å²) in [5.41, 5.74) is 1.24. The Morgan fingerprint density at radius 1 is 1.35 bits per heavy atom. The number of hydrogen-bond donors (Lipinski definition) is 1. The van der Waals surface area contributed by atoms with Crippen molar-refractivity contribution in [2.45, 2.75) is 33.1 Å². The van der Waals surface area contributed by atoms with Crippen molar-refractivity contribution in [3.63, 3.8) is 0 Å². The maximum Gasteiger partial charge on any atom is 0.253 e. The lowest BCUT2D eigenvalue weighted by Gasteiger charge is -2.18. The number of unbranched alkanes of at least 4 members (excludes halogenated alkanes) is 2. The van der Waals surface area contributed by atoms with Gasteiger partial charge in [0.25, 0.3) is 5.91 Å².